The van der Waals surface area contributed by atoms with Crippen molar-refractivity contribution in [1.82, 2.24) is 0 Å². The molecule has 0 amide bonds. The highest BCUT2D eigenvalue weighted by atomic mass is 14.0. The van der Waals surface area contributed by atoms with Crippen molar-refractivity contribution in [2.75, 3.05) is 0 Å². The third-order valence-electron chi connectivity index (χ3n) is 1.27. The summed E-state index contributed by atoms with van der Waals surface area (Å²) in [5.41, 5.74) is 1.26. The molecule has 10 heavy (non-hydrogen) atoms. The predicted molar refractivity (Wildman–Crippen MR) is 46.9 cm³/mol. The maximum Gasteiger partial charge on any atom is 0.0304 e. The lowest BCUT2D eigenvalue weighted by Gasteiger charge is -2.12. The molecule has 0 spiro atoms. The minimum Gasteiger partial charge on any atom is -0.281 e. The van der Waals surface area contributed by atoms with Gasteiger partial charge in [0.15, 0.2) is 0 Å². The molecule has 0 unspecified atom stereocenters. The third kappa shape index (κ3) is 5.61. The minimum atomic E-state index is 0.892. The summed E-state index contributed by atoms with van der Waals surface area (Å²) in [5, 5.41) is 0. The Morgan fingerprint density at radius 2 is 1.50 bits per heavy atom. The van der Waals surface area contributed by atoms with Gasteiger partial charge in [-0.15, -0.1) is 12.2 Å². The zero-order valence-electron chi connectivity index (χ0n) is 6.60. The van der Waals surface area contributed by atoms with Gasteiger partial charge in [0.25, 0.3) is 0 Å². The van der Waals surface area contributed by atoms with Gasteiger partial charge in [-0.25, -0.2) is 0 Å². The molecule has 0 aromatic heterocycles. The fraction of sp³-hybridized carbons (Fsp3) is 0.400. The molecule has 0 radical (unpaired) electrons. The number of rotatable bonds is 6. The zero-order valence-corrected chi connectivity index (χ0v) is 6.60. The SMILES string of the molecule is C=C(C[CH-]C[CH2+])C[CH-]C[CH2+]. The quantitative estimate of drug-likeness (QED) is 0.388. The summed E-state index contributed by atoms with van der Waals surface area (Å²) in [6.45, 7) is 11.3. The maximum absolute atomic E-state index is 3.91. The van der Waals surface area contributed by atoms with E-state index in [0.29, 0.717) is 0 Å². The topological polar surface area (TPSA) is 0 Å². The average molecular weight is 136 g/mol. The summed E-state index contributed by atoms with van der Waals surface area (Å²) in [4.78, 5) is 0. The van der Waals surface area contributed by atoms with E-state index < -0.39 is 0 Å². The van der Waals surface area contributed by atoms with Crippen LogP contribution in [0.25, 0.3) is 0 Å². The molecule has 0 saturated carbocycles. The normalized spacial score (nSPS) is 9.60. The molecule has 0 aromatic carbocycles. The van der Waals surface area contributed by atoms with E-state index in [1.54, 1.807) is 0 Å². The first-order valence-electron chi connectivity index (χ1n) is 3.69. The fourth-order valence-electron chi connectivity index (χ4n) is 0.696. The molecule has 0 heterocycles. The van der Waals surface area contributed by atoms with Crippen LogP contribution in [0.4, 0.5) is 0 Å². The minimum absolute atomic E-state index is 0.892. The Balaban J connectivity index is 3.09. The molecule has 56 valence electrons. The number of unbranched alkanes of at least 4 members (excludes halogenated alkanes) is 2. The van der Waals surface area contributed by atoms with E-state index >= 15 is 0 Å². The molecule has 0 aliphatic heterocycles. The van der Waals surface area contributed by atoms with Crippen molar-refractivity contribution >= 4 is 0 Å². The second kappa shape index (κ2) is 6.60. The van der Waals surface area contributed by atoms with Crippen LogP contribution in [-0.4, -0.2) is 0 Å². The molecule has 0 saturated heterocycles. The summed E-state index contributed by atoms with van der Waals surface area (Å²) in [5.74, 6) is 0. The largest absolute Gasteiger partial charge is 0.281 e. The maximum atomic E-state index is 3.91. The van der Waals surface area contributed by atoms with Crippen LogP contribution in [0.3, 0.4) is 0 Å². The van der Waals surface area contributed by atoms with Crippen molar-refractivity contribution < 1.29 is 0 Å². The molecule has 0 fully saturated rings. The molecule has 0 rings (SSSR count). The smallest absolute Gasteiger partial charge is 0.0304 e. The lowest BCUT2D eigenvalue weighted by atomic mass is 10.1. The molecular formula is C10H16. The molecule has 0 aromatic rings. The van der Waals surface area contributed by atoms with E-state index in [0.717, 1.165) is 25.7 Å². The highest BCUT2D eigenvalue weighted by Crippen LogP contribution is 2.10. The van der Waals surface area contributed by atoms with Gasteiger partial charge in [0.1, 0.15) is 0 Å². The molecule has 0 N–H and O–H groups in total. The van der Waals surface area contributed by atoms with E-state index in [1.807, 2.05) is 0 Å². The van der Waals surface area contributed by atoms with Crippen molar-refractivity contribution in [2.45, 2.75) is 25.7 Å². The van der Waals surface area contributed by atoms with E-state index in [-0.39, 0.29) is 0 Å². The Labute approximate surface area is 65.3 Å². The lowest BCUT2D eigenvalue weighted by molar-refractivity contribution is 0.948. The van der Waals surface area contributed by atoms with Gasteiger partial charge in [0.2, 0.25) is 0 Å². The van der Waals surface area contributed by atoms with Gasteiger partial charge in [-0.05, 0) is 12.8 Å². The monoisotopic (exact) mass is 136 g/mol. The van der Waals surface area contributed by atoms with Crippen LogP contribution in [0.15, 0.2) is 12.2 Å². The number of hydrogen-bond donors (Lipinski definition) is 0. The Hall–Kier alpha value is -0.520. The highest BCUT2D eigenvalue weighted by molar-refractivity contribution is 5.02. The van der Waals surface area contributed by atoms with Gasteiger partial charge in [-0.2, -0.15) is 12.8 Å². The van der Waals surface area contributed by atoms with Crippen molar-refractivity contribution in [3.63, 3.8) is 0 Å². The van der Waals surface area contributed by atoms with Crippen molar-refractivity contribution in [1.29, 1.82) is 0 Å². The van der Waals surface area contributed by atoms with Crippen LogP contribution in [-0.2, 0) is 0 Å². The van der Waals surface area contributed by atoms with Gasteiger partial charge in [-0.1, -0.05) is 0 Å². The Morgan fingerprint density at radius 1 is 1.10 bits per heavy atom. The summed E-state index contributed by atoms with van der Waals surface area (Å²) >= 11 is 0. The van der Waals surface area contributed by atoms with Crippen LogP contribution in [0.5, 0.6) is 0 Å². The van der Waals surface area contributed by atoms with E-state index in [1.165, 1.54) is 5.57 Å². The molecular weight excluding hydrogens is 120 g/mol. The van der Waals surface area contributed by atoms with Crippen LogP contribution < -0.4 is 0 Å². The first-order valence-corrected chi connectivity index (χ1v) is 3.69. The van der Waals surface area contributed by atoms with Gasteiger partial charge < -0.3 is 0 Å². The summed E-state index contributed by atoms with van der Waals surface area (Å²) in [6, 6.07) is 0. The van der Waals surface area contributed by atoms with Gasteiger partial charge in [-0.3, -0.25) is 12.8 Å². The highest BCUT2D eigenvalue weighted by Gasteiger charge is 1.81. The molecule has 0 heteroatoms. The van der Waals surface area contributed by atoms with E-state index in [9.17, 15) is 0 Å². The molecule has 0 aliphatic rings. The standard InChI is InChI=1S/C10H16/c1-4-6-8-10(3)9-7-5-2/h6-7H,1-5,8-9H2. The van der Waals surface area contributed by atoms with Crippen LogP contribution >= 0.6 is 0 Å². The van der Waals surface area contributed by atoms with Gasteiger partial charge >= 0.3 is 0 Å². The van der Waals surface area contributed by atoms with Crippen LogP contribution in [0.2, 0.25) is 0 Å². The molecule has 0 aliphatic carbocycles. The predicted octanol–water partition coefficient (Wildman–Crippen LogP) is 3.18. The summed E-state index contributed by atoms with van der Waals surface area (Å²) in [7, 11) is 0. The molecule has 0 bridgehead atoms. The molecule has 0 nitrogen and oxygen atoms in total. The fourth-order valence-corrected chi connectivity index (χ4v) is 0.696. The van der Waals surface area contributed by atoms with E-state index in [4.69, 9.17) is 0 Å². The number of hydrogen-bond acceptors (Lipinski definition) is 0. The van der Waals surface area contributed by atoms with E-state index in [2.05, 4.69) is 33.3 Å². The second-order valence-corrected chi connectivity index (χ2v) is 2.31. The lowest BCUT2D eigenvalue weighted by Crippen LogP contribution is -1.83. The van der Waals surface area contributed by atoms with Gasteiger partial charge in [0, 0.05) is 13.8 Å². The van der Waals surface area contributed by atoms with Crippen LogP contribution in [0, 0.1) is 26.7 Å². The summed E-state index contributed by atoms with van der Waals surface area (Å²) < 4.78 is 0. The Bertz CT molecular complexity index is 72.0. The van der Waals surface area contributed by atoms with Crippen molar-refractivity contribution in [3.05, 3.63) is 38.8 Å². The Morgan fingerprint density at radius 3 is 1.80 bits per heavy atom. The first-order chi connectivity index (χ1) is 4.81. The van der Waals surface area contributed by atoms with Gasteiger partial charge in [0.05, 0.1) is 0 Å². The average Bonchev–Trinajstić information content (AvgIpc) is 1.97. The zero-order chi connectivity index (χ0) is 7.82. The molecule has 0 atom stereocenters. The summed E-state index contributed by atoms with van der Waals surface area (Å²) in [6.07, 6.45) is 8.06. The van der Waals surface area contributed by atoms with Crippen molar-refractivity contribution in [3.8, 4) is 0 Å². The Kier molecular flexibility index (Phi) is 6.25. The van der Waals surface area contributed by atoms with Crippen LogP contribution in [0.1, 0.15) is 25.7 Å². The third-order valence-corrected chi connectivity index (χ3v) is 1.27. The first kappa shape index (κ1) is 9.48. The van der Waals surface area contributed by atoms with Crippen molar-refractivity contribution in [2.24, 2.45) is 0 Å². The number of allylic oxidation sites excluding steroid dienone is 1. The second-order valence-electron chi connectivity index (χ2n) is 2.31.